The van der Waals surface area contributed by atoms with Crippen molar-refractivity contribution < 1.29 is 96.2 Å². The number of carbonyl (C=O) groups is 10. The second-order valence-corrected chi connectivity index (χ2v) is 30.5. The maximum absolute atomic E-state index is 14.1. The highest BCUT2D eigenvalue weighted by molar-refractivity contribution is 6.12. The molecule has 0 saturated carbocycles. The van der Waals surface area contributed by atoms with Crippen LogP contribution >= 0.6 is 0 Å². The number of pyridine rings is 1. The fourth-order valence-electron chi connectivity index (χ4n) is 14.9. The molecule has 5 fully saturated rings. The molecule has 21 nitrogen and oxygen atoms in total. The number of benzene rings is 9. The van der Waals surface area contributed by atoms with E-state index in [0.717, 1.165) is 70.4 Å². The standard InChI is InChI=1S/C20H20F2N2O2.2C18H15F3N2O2.C18H16F2N2O2.C18H18FN3O2/c1-11(2)12-5-3-6-13(9-12)14-10-23-19(25)17(14)20(26)24-16-8-4-7-15(21)18(16)22;1-9-2-3-15(14(21)4-9)23-18(25)16-13(8-22-17(16)24)10-5-11(19)7-12(20)6-10;1-9-3-2-4-14(16(9)21)23-18(25)15-11(8-22-17(15)24)10-5-6-12(19)13(20)7-10;1-10-4-2-3-5-15(10)22-18(24)16-12(9-21-17(16)23)11-6-7-13(19)14(20)8-11;1-10-4-3-5-14(16(10)19)22-18(24)15-13(9-21-17(15)23)12-7-6-11(2)20-8-12/h3-9,11,14,17H,10H2,1-2H3,(H,23,25)(H,24,26);2-7,13,16H,8H2,1H3,(H,22,24)(H,23,25);2-7,11,15H,8H2,1H3,(H,22,24)(H,23,25);2-8,12,16H,9H2,1H3,(H,21,23)(H,22,24);3-8,13,15H,9H2,1-2H3,(H,21,23)(H,22,24). The zero-order chi connectivity index (χ0) is 89.7. The smallest absolute Gasteiger partial charge is 0.237 e. The molecule has 0 spiro atoms. The quantitative estimate of drug-likeness (QED) is 0.0320. The van der Waals surface area contributed by atoms with Crippen molar-refractivity contribution in [2.45, 2.75) is 84.0 Å². The molecule has 9 aromatic carbocycles. The summed E-state index contributed by atoms with van der Waals surface area (Å²) < 4.78 is 149. The highest BCUT2D eigenvalue weighted by Gasteiger charge is 2.46. The van der Waals surface area contributed by atoms with Crippen LogP contribution in [0.3, 0.4) is 0 Å². The lowest BCUT2D eigenvalue weighted by Crippen LogP contribution is -2.32. The second kappa shape index (κ2) is 40.2. The third kappa shape index (κ3) is 21.7. The molecular weight excluding hydrogens is 1630 g/mol. The summed E-state index contributed by atoms with van der Waals surface area (Å²) in [7, 11) is 0. The summed E-state index contributed by atoms with van der Waals surface area (Å²) in [6, 6.07) is 45.3. The molecule has 10 N–H and O–H groups in total. The minimum absolute atomic E-state index is 0.0336. The Labute approximate surface area is 704 Å². The van der Waals surface area contributed by atoms with Crippen molar-refractivity contribution in [3.63, 3.8) is 0 Å². The molecule has 1 aromatic heterocycles. The van der Waals surface area contributed by atoms with Crippen molar-refractivity contribution in [2.24, 2.45) is 29.6 Å². The summed E-state index contributed by atoms with van der Waals surface area (Å²) in [5, 5.41) is 25.5. The van der Waals surface area contributed by atoms with Crippen LogP contribution in [0.15, 0.2) is 194 Å². The predicted octanol–water partition coefficient (Wildman–Crippen LogP) is 14.4. The Morgan fingerprint density at radius 3 is 1.09 bits per heavy atom. The number of amides is 10. The third-order valence-electron chi connectivity index (χ3n) is 21.6. The zero-order valence-electron chi connectivity index (χ0n) is 67.5. The number of nitrogens with one attached hydrogen (secondary N) is 10. The average Bonchev–Trinajstić information content (AvgIpc) is 1.66. The Morgan fingerprint density at radius 2 is 0.677 bits per heavy atom. The number of hydrogen-bond donors (Lipinski definition) is 10. The zero-order valence-corrected chi connectivity index (χ0v) is 67.5. The monoisotopic (exact) mass is 1710 g/mol. The normalized spacial score (nSPS) is 19.7. The van der Waals surface area contributed by atoms with Crippen LogP contribution in [0.1, 0.15) is 111 Å². The first-order valence-electron chi connectivity index (χ1n) is 39.1. The molecule has 6 heterocycles. The van der Waals surface area contributed by atoms with Gasteiger partial charge in [-0.15, -0.1) is 0 Å². The first-order valence-corrected chi connectivity index (χ1v) is 39.1. The van der Waals surface area contributed by atoms with Gasteiger partial charge in [0.05, 0.1) is 22.7 Å². The van der Waals surface area contributed by atoms with E-state index in [1.807, 2.05) is 62.4 Å². The molecule has 15 rings (SSSR count). The van der Waals surface area contributed by atoms with Gasteiger partial charge in [0.1, 0.15) is 58.7 Å². The van der Waals surface area contributed by atoms with Gasteiger partial charge in [-0.3, -0.25) is 52.9 Å². The highest BCUT2D eigenvalue weighted by atomic mass is 19.2. The van der Waals surface area contributed by atoms with E-state index in [-0.39, 0.29) is 65.7 Å². The number of hydrogen-bond acceptors (Lipinski definition) is 11. The molecule has 10 aromatic rings. The Balaban J connectivity index is 0.000000151. The van der Waals surface area contributed by atoms with Gasteiger partial charge >= 0.3 is 0 Å². The van der Waals surface area contributed by atoms with Gasteiger partial charge in [0, 0.05) is 86.0 Å². The molecular formula is C92H84F11N11O10. The molecule has 10 amide bonds. The molecule has 5 aliphatic rings. The first-order chi connectivity index (χ1) is 59.0. The van der Waals surface area contributed by atoms with Crippen LogP contribution in [0.4, 0.5) is 76.7 Å². The van der Waals surface area contributed by atoms with Gasteiger partial charge in [0.2, 0.25) is 59.1 Å². The van der Waals surface area contributed by atoms with Gasteiger partial charge < -0.3 is 53.2 Å². The summed E-state index contributed by atoms with van der Waals surface area (Å²) in [6.45, 7) is 13.8. The second-order valence-electron chi connectivity index (χ2n) is 30.5. The van der Waals surface area contributed by atoms with Crippen molar-refractivity contribution >= 4 is 87.5 Å². The molecule has 10 unspecified atom stereocenters. The van der Waals surface area contributed by atoms with Crippen LogP contribution in [-0.4, -0.2) is 96.8 Å². The summed E-state index contributed by atoms with van der Waals surface area (Å²) in [4.78, 5) is 128. The van der Waals surface area contributed by atoms with Crippen molar-refractivity contribution in [3.05, 3.63) is 320 Å². The molecule has 32 heteroatoms. The first kappa shape index (κ1) is 90.8. The van der Waals surface area contributed by atoms with E-state index in [4.69, 9.17) is 0 Å². The van der Waals surface area contributed by atoms with E-state index in [0.29, 0.717) is 58.6 Å². The van der Waals surface area contributed by atoms with Gasteiger partial charge in [0.15, 0.2) is 34.9 Å². The van der Waals surface area contributed by atoms with Crippen molar-refractivity contribution in [1.29, 1.82) is 0 Å². The lowest BCUT2D eigenvalue weighted by atomic mass is 9.86. The highest BCUT2D eigenvalue weighted by Crippen LogP contribution is 2.38. The van der Waals surface area contributed by atoms with Crippen LogP contribution < -0.4 is 53.2 Å². The number of anilines is 5. The molecule has 0 bridgehead atoms. The van der Waals surface area contributed by atoms with E-state index < -0.39 is 164 Å². The average molecular weight is 1710 g/mol. The summed E-state index contributed by atoms with van der Waals surface area (Å²) in [5.41, 5.74) is 7.25. The number of para-hydroxylation sites is 1. The van der Waals surface area contributed by atoms with Gasteiger partial charge in [-0.05, 0) is 181 Å². The van der Waals surface area contributed by atoms with Gasteiger partial charge in [-0.25, -0.2) is 48.3 Å². The number of rotatable bonds is 16. The van der Waals surface area contributed by atoms with Crippen LogP contribution in [0.25, 0.3) is 0 Å². The lowest BCUT2D eigenvalue weighted by molar-refractivity contribution is -0.132. The van der Waals surface area contributed by atoms with E-state index in [1.54, 1.807) is 69.4 Å². The molecule has 5 aliphatic heterocycles. The summed E-state index contributed by atoms with van der Waals surface area (Å²) in [6.07, 6.45) is 1.67. The summed E-state index contributed by atoms with van der Waals surface area (Å²) >= 11 is 0. The van der Waals surface area contributed by atoms with E-state index >= 15 is 0 Å². The molecule has 644 valence electrons. The van der Waals surface area contributed by atoms with Crippen LogP contribution in [0.2, 0.25) is 0 Å². The Hall–Kier alpha value is -13.9. The fraction of sp³-hybridized carbons (Fsp3) is 0.250. The number of aryl methyl sites for hydroxylation is 5. The van der Waals surface area contributed by atoms with Gasteiger partial charge in [-0.1, -0.05) is 111 Å². The van der Waals surface area contributed by atoms with Crippen molar-refractivity contribution in [3.8, 4) is 0 Å². The molecule has 5 saturated heterocycles. The van der Waals surface area contributed by atoms with Crippen LogP contribution in [0, 0.1) is 128 Å². The Morgan fingerprint density at radius 1 is 0.315 bits per heavy atom. The number of halogens is 11. The Bertz CT molecular complexity index is 5750. The number of carbonyl (C=O) groups excluding carboxylic acids is 10. The minimum Gasteiger partial charge on any atom is -0.355 e. The minimum atomic E-state index is -1.21. The van der Waals surface area contributed by atoms with Crippen LogP contribution in [0.5, 0.6) is 0 Å². The van der Waals surface area contributed by atoms with Crippen molar-refractivity contribution in [2.75, 3.05) is 59.3 Å². The molecule has 124 heavy (non-hydrogen) atoms. The topological polar surface area (TPSA) is 304 Å². The van der Waals surface area contributed by atoms with Crippen LogP contribution in [-0.2, 0) is 47.9 Å². The maximum Gasteiger partial charge on any atom is 0.237 e. The van der Waals surface area contributed by atoms with E-state index in [1.165, 1.54) is 48.5 Å². The summed E-state index contributed by atoms with van der Waals surface area (Å²) in [5.74, 6) is -22.5. The predicted molar refractivity (Wildman–Crippen MR) is 439 cm³/mol. The molecule has 10 atom stereocenters. The fourth-order valence-corrected chi connectivity index (χ4v) is 14.9. The number of nitrogens with zero attached hydrogens (tertiary/aromatic N) is 1. The van der Waals surface area contributed by atoms with E-state index in [2.05, 4.69) is 72.0 Å². The Kier molecular flexibility index (Phi) is 29.4. The number of aromatic nitrogens is 1. The third-order valence-corrected chi connectivity index (χ3v) is 21.6. The van der Waals surface area contributed by atoms with Gasteiger partial charge in [0.25, 0.3) is 0 Å². The molecule has 0 radical (unpaired) electrons. The van der Waals surface area contributed by atoms with Crippen molar-refractivity contribution in [1.82, 2.24) is 31.6 Å². The lowest BCUT2D eigenvalue weighted by Gasteiger charge is -2.18. The largest absolute Gasteiger partial charge is 0.355 e. The van der Waals surface area contributed by atoms with Gasteiger partial charge in [-0.2, -0.15) is 0 Å². The van der Waals surface area contributed by atoms with E-state index in [9.17, 15) is 96.2 Å². The molecule has 0 aliphatic carbocycles. The maximum atomic E-state index is 14.1. The SMILES string of the molecule is CC(C)c1cccc(C2CNC(=O)C2C(=O)Nc2cccc(F)c2F)c1.Cc1ccc(C2CNC(=O)C2C(=O)Nc2cccc(C)c2F)cn1.Cc1ccc(NC(=O)C2C(=O)NCC2c2cc(F)cc(F)c2)c(F)c1.Cc1cccc(NC(=O)C2C(=O)NCC2c2ccc(F)c(F)c2)c1F.Cc1ccccc1NC(=O)C1C(=O)NCC1c1ccc(F)c(F)c1.